The zero-order chi connectivity index (χ0) is 13.3. The van der Waals surface area contributed by atoms with Gasteiger partial charge in [-0.15, -0.1) is 0 Å². The summed E-state index contributed by atoms with van der Waals surface area (Å²) in [5.41, 5.74) is 1.61. The number of hydrogen-bond acceptors (Lipinski definition) is 3. The van der Waals surface area contributed by atoms with E-state index in [9.17, 15) is 9.59 Å². The summed E-state index contributed by atoms with van der Waals surface area (Å²) in [6, 6.07) is 5.09. The zero-order valence-electron chi connectivity index (χ0n) is 10.3. The Bertz CT molecular complexity index is 501. The van der Waals surface area contributed by atoms with Gasteiger partial charge in [-0.3, -0.25) is 4.79 Å². The van der Waals surface area contributed by atoms with E-state index in [0.29, 0.717) is 18.5 Å². The van der Waals surface area contributed by atoms with Crippen molar-refractivity contribution in [1.82, 2.24) is 4.90 Å². The van der Waals surface area contributed by atoms with Crippen LogP contribution in [0.15, 0.2) is 22.7 Å². The molecule has 5 heteroatoms. The minimum atomic E-state index is -0.506. The zero-order valence-corrected chi connectivity index (χ0v) is 11.9. The maximum atomic E-state index is 12.3. The molecule has 1 aliphatic rings. The first-order valence-electron chi connectivity index (χ1n) is 5.75. The predicted molar refractivity (Wildman–Crippen MR) is 70.1 cm³/mol. The second-order valence-electron chi connectivity index (χ2n) is 4.18. The van der Waals surface area contributed by atoms with Gasteiger partial charge in [-0.25, -0.2) is 4.79 Å². The van der Waals surface area contributed by atoms with Crippen LogP contribution in [0, 0.1) is 0 Å². The summed E-state index contributed by atoms with van der Waals surface area (Å²) in [7, 11) is 1.34. The van der Waals surface area contributed by atoms with Crippen molar-refractivity contribution in [3.8, 4) is 0 Å². The van der Waals surface area contributed by atoms with E-state index in [2.05, 4.69) is 15.9 Å². The Kier molecular flexibility index (Phi) is 3.71. The Hall–Kier alpha value is -1.36. The van der Waals surface area contributed by atoms with Crippen molar-refractivity contribution in [2.45, 2.75) is 25.9 Å². The maximum Gasteiger partial charge on any atom is 0.328 e. The van der Waals surface area contributed by atoms with Gasteiger partial charge in [0.25, 0.3) is 5.91 Å². The molecule has 1 atom stereocenters. The Labute approximate surface area is 114 Å². The van der Waals surface area contributed by atoms with Crippen molar-refractivity contribution < 1.29 is 14.3 Å². The number of methoxy groups -OCH3 is 1. The number of hydrogen-bond donors (Lipinski definition) is 0. The summed E-state index contributed by atoms with van der Waals surface area (Å²) in [5.74, 6) is -0.471. The van der Waals surface area contributed by atoms with E-state index in [4.69, 9.17) is 4.74 Å². The summed E-state index contributed by atoms with van der Waals surface area (Å²) >= 11 is 3.35. The molecule has 1 amide bonds. The highest BCUT2D eigenvalue weighted by Gasteiger charge is 2.35. The van der Waals surface area contributed by atoms with Crippen LogP contribution < -0.4 is 0 Å². The Morgan fingerprint density at radius 1 is 1.56 bits per heavy atom. The minimum absolute atomic E-state index is 0.108. The van der Waals surface area contributed by atoms with Crippen LogP contribution in [0.1, 0.15) is 29.3 Å². The van der Waals surface area contributed by atoms with Crippen LogP contribution in [0.5, 0.6) is 0 Å². The average Bonchev–Trinajstić information content (AvgIpc) is 2.68. The summed E-state index contributed by atoms with van der Waals surface area (Å²) in [5, 5.41) is 0. The van der Waals surface area contributed by atoms with Crippen molar-refractivity contribution >= 4 is 27.8 Å². The number of esters is 1. The second-order valence-corrected chi connectivity index (χ2v) is 5.10. The van der Waals surface area contributed by atoms with Crippen molar-refractivity contribution in [2.24, 2.45) is 0 Å². The number of ether oxygens (including phenoxy) is 1. The number of carbonyl (C=O) groups is 2. The highest BCUT2D eigenvalue weighted by atomic mass is 79.9. The van der Waals surface area contributed by atoms with Gasteiger partial charge in [0.2, 0.25) is 0 Å². The Morgan fingerprint density at radius 3 is 2.89 bits per heavy atom. The molecular weight excluding hydrogens is 298 g/mol. The third-order valence-corrected chi connectivity index (χ3v) is 3.63. The summed E-state index contributed by atoms with van der Waals surface area (Å²) in [6.07, 6.45) is 0.549. The lowest BCUT2D eigenvalue weighted by Gasteiger charge is -2.24. The van der Waals surface area contributed by atoms with Gasteiger partial charge in [0.1, 0.15) is 6.04 Å². The van der Waals surface area contributed by atoms with Crippen LogP contribution in [-0.2, 0) is 16.1 Å². The second kappa shape index (κ2) is 5.10. The Morgan fingerprint density at radius 2 is 2.28 bits per heavy atom. The van der Waals surface area contributed by atoms with Crippen LogP contribution in [0.2, 0.25) is 0 Å². The van der Waals surface area contributed by atoms with Gasteiger partial charge in [-0.1, -0.05) is 28.9 Å². The third-order valence-electron chi connectivity index (χ3n) is 3.14. The molecule has 0 bridgehead atoms. The first-order chi connectivity index (χ1) is 8.58. The molecule has 0 unspecified atom stereocenters. The molecule has 0 spiro atoms. The molecule has 1 aromatic carbocycles. The fourth-order valence-corrected chi connectivity index (χ4v) is 2.56. The van der Waals surface area contributed by atoms with Gasteiger partial charge in [0, 0.05) is 16.6 Å². The maximum absolute atomic E-state index is 12.3. The number of benzene rings is 1. The molecule has 4 nitrogen and oxygen atoms in total. The largest absolute Gasteiger partial charge is 0.467 e. The minimum Gasteiger partial charge on any atom is -0.467 e. The molecule has 1 aromatic rings. The normalized spacial score (nSPS) is 15.5. The van der Waals surface area contributed by atoms with Gasteiger partial charge in [0.05, 0.1) is 7.11 Å². The van der Waals surface area contributed by atoms with Crippen molar-refractivity contribution in [3.05, 3.63) is 33.8 Å². The van der Waals surface area contributed by atoms with E-state index < -0.39 is 6.04 Å². The summed E-state index contributed by atoms with van der Waals surface area (Å²) in [4.78, 5) is 25.5. The molecule has 0 saturated carbocycles. The van der Waals surface area contributed by atoms with Crippen molar-refractivity contribution in [1.29, 1.82) is 0 Å². The molecule has 1 heterocycles. The molecule has 0 N–H and O–H groups in total. The number of amides is 1. The SMILES string of the molecule is CC[C@@H](C(=O)OC)N1Cc2ccc(Br)cc2C1=O. The highest BCUT2D eigenvalue weighted by molar-refractivity contribution is 9.10. The van der Waals surface area contributed by atoms with Crippen molar-refractivity contribution in [2.75, 3.05) is 7.11 Å². The standard InChI is InChI=1S/C13H14BrNO3/c1-3-11(13(17)18-2)15-7-8-4-5-9(14)6-10(8)12(15)16/h4-6,11H,3,7H2,1-2H3/t11-/m0/s1. The van der Waals surface area contributed by atoms with Crippen LogP contribution in [0.3, 0.4) is 0 Å². The topological polar surface area (TPSA) is 46.6 Å². The molecular formula is C13H14BrNO3. The first kappa shape index (κ1) is 13.1. The van der Waals surface area contributed by atoms with Gasteiger partial charge < -0.3 is 9.64 Å². The summed E-state index contributed by atoms with van der Waals surface area (Å²) < 4.78 is 5.61. The molecule has 1 aliphatic heterocycles. The monoisotopic (exact) mass is 311 g/mol. The first-order valence-corrected chi connectivity index (χ1v) is 6.55. The van der Waals surface area contributed by atoms with Crippen LogP contribution >= 0.6 is 15.9 Å². The molecule has 96 valence electrons. The third kappa shape index (κ3) is 2.14. The van der Waals surface area contributed by atoms with Gasteiger partial charge >= 0.3 is 5.97 Å². The van der Waals surface area contributed by atoms with E-state index in [0.717, 1.165) is 10.0 Å². The quantitative estimate of drug-likeness (QED) is 0.805. The lowest BCUT2D eigenvalue weighted by molar-refractivity contribution is -0.146. The number of carbonyl (C=O) groups excluding carboxylic acids is 2. The van der Waals surface area contributed by atoms with E-state index in [-0.39, 0.29) is 11.9 Å². The lowest BCUT2D eigenvalue weighted by atomic mass is 10.1. The number of halogens is 1. The van der Waals surface area contributed by atoms with Crippen LogP contribution in [-0.4, -0.2) is 29.9 Å². The average molecular weight is 312 g/mol. The molecule has 0 aliphatic carbocycles. The number of rotatable bonds is 3. The molecule has 0 fully saturated rings. The predicted octanol–water partition coefficient (Wildman–Crippen LogP) is 2.36. The molecule has 2 rings (SSSR count). The summed E-state index contributed by atoms with van der Waals surface area (Å²) in [6.45, 7) is 2.34. The van der Waals surface area contributed by atoms with Gasteiger partial charge in [-0.05, 0) is 24.1 Å². The van der Waals surface area contributed by atoms with Gasteiger partial charge in [0.15, 0.2) is 0 Å². The van der Waals surface area contributed by atoms with E-state index in [1.807, 2.05) is 19.1 Å². The van der Waals surface area contributed by atoms with Gasteiger partial charge in [-0.2, -0.15) is 0 Å². The fourth-order valence-electron chi connectivity index (χ4n) is 2.20. The lowest BCUT2D eigenvalue weighted by Crippen LogP contribution is -2.41. The molecule has 0 aromatic heterocycles. The van der Waals surface area contributed by atoms with Crippen LogP contribution in [0.4, 0.5) is 0 Å². The van der Waals surface area contributed by atoms with Crippen LogP contribution in [0.25, 0.3) is 0 Å². The Balaban J connectivity index is 2.30. The highest BCUT2D eigenvalue weighted by Crippen LogP contribution is 2.28. The van der Waals surface area contributed by atoms with Crippen molar-refractivity contribution in [3.63, 3.8) is 0 Å². The molecule has 0 radical (unpaired) electrons. The number of fused-ring (bicyclic) bond motifs is 1. The number of nitrogens with zero attached hydrogens (tertiary/aromatic N) is 1. The molecule has 18 heavy (non-hydrogen) atoms. The fraction of sp³-hybridized carbons (Fsp3) is 0.385. The smallest absolute Gasteiger partial charge is 0.328 e. The van der Waals surface area contributed by atoms with E-state index >= 15 is 0 Å². The molecule has 0 saturated heterocycles. The van der Waals surface area contributed by atoms with E-state index in [1.54, 1.807) is 11.0 Å². The van der Waals surface area contributed by atoms with E-state index in [1.165, 1.54) is 7.11 Å².